The van der Waals surface area contributed by atoms with E-state index in [1.165, 1.54) is 11.8 Å². The molecule has 1 unspecified atom stereocenters. The molecule has 1 amide bonds. The molecule has 30 heavy (non-hydrogen) atoms. The number of amides is 1. The lowest BCUT2D eigenvalue weighted by atomic mass is 9.95. The maximum absolute atomic E-state index is 12.8. The minimum absolute atomic E-state index is 0.158. The van der Waals surface area contributed by atoms with E-state index in [1.54, 1.807) is 31.2 Å². The topological polar surface area (TPSA) is 92.1 Å². The zero-order chi connectivity index (χ0) is 21.5. The van der Waals surface area contributed by atoms with Gasteiger partial charge in [-0.15, -0.1) is 0 Å². The number of carbonyl (C=O) groups excluding carboxylic acids is 2. The van der Waals surface area contributed by atoms with E-state index in [-0.39, 0.29) is 17.1 Å². The molecule has 1 aromatic heterocycles. The van der Waals surface area contributed by atoms with Gasteiger partial charge < -0.3 is 10.1 Å². The smallest absolute Gasteiger partial charge is 0.338 e. The summed E-state index contributed by atoms with van der Waals surface area (Å²) >= 11 is 1.33. The molecule has 0 spiro atoms. The van der Waals surface area contributed by atoms with Gasteiger partial charge in [-0.05, 0) is 74.9 Å². The van der Waals surface area contributed by atoms with E-state index in [1.807, 2.05) is 13.0 Å². The minimum Gasteiger partial charge on any atom is -0.462 e. The van der Waals surface area contributed by atoms with Gasteiger partial charge in [0, 0.05) is 11.4 Å². The van der Waals surface area contributed by atoms with Crippen molar-refractivity contribution >= 4 is 29.3 Å². The van der Waals surface area contributed by atoms with Crippen molar-refractivity contribution in [1.29, 1.82) is 5.26 Å². The number of fused-ring (bicyclic) bond motifs is 1. The van der Waals surface area contributed by atoms with E-state index in [0.717, 1.165) is 36.9 Å². The molecular weight excluding hydrogens is 398 g/mol. The quantitative estimate of drug-likeness (QED) is 0.520. The lowest BCUT2D eigenvalue weighted by Gasteiger charge is -2.19. The normalized spacial score (nSPS) is 13.6. The zero-order valence-corrected chi connectivity index (χ0v) is 18.1. The number of hydrogen-bond donors (Lipinski definition) is 1. The molecule has 0 saturated carbocycles. The van der Waals surface area contributed by atoms with Crippen LogP contribution in [0.15, 0.2) is 35.4 Å². The Bertz CT molecular complexity index is 967. The molecule has 156 valence electrons. The number of carbonyl (C=O) groups is 2. The number of pyridine rings is 1. The maximum atomic E-state index is 12.8. The molecule has 1 aliphatic rings. The van der Waals surface area contributed by atoms with Crippen LogP contribution in [0.3, 0.4) is 0 Å². The highest BCUT2D eigenvalue weighted by Gasteiger charge is 2.23. The van der Waals surface area contributed by atoms with Gasteiger partial charge in [0.25, 0.3) is 0 Å². The molecule has 0 bridgehead atoms. The van der Waals surface area contributed by atoms with Crippen LogP contribution in [0, 0.1) is 11.3 Å². The molecule has 0 fully saturated rings. The summed E-state index contributed by atoms with van der Waals surface area (Å²) in [4.78, 5) is 29.3. The number of nitriles is 1. The Morgan fingerprint density at radius 2 is 1.97 bits per heavy atom. The molecule has 1 N–H and O–H groups in total. The second-order valence-corrected chi connectivity index (χ2v) is 8.26. The van der Waals surface area contributed by atoms with Gasteiger partial charge in [0.05, 0.1) is 23.0 Å². The number of nitrogens with one attached hydrogen (secondary N) is 1. The average Bonchev–Trinajstić information content (AvgIpc) is 2.77. The number of aryl methyl sites for hydroxylation is 2. The number of esters is 1. The number of aromatic nitrogens is 1. The third-order valence-electron chi connectivity index (χ3n) is 4.97. The summed E-state index contributed by atoms with van der Waals surface area (Å²) in [5.74, 6) is -0.547. The number of ether oxygens (including phenoxy) is 1. The van der Waals surface area contributed by atoms with Crippen molar-refractivity contribution < 1.29 is 14.3 Å². The number of hydrogen-bond acceptors (Lipinski definition) is 6. The third kappa shape index (κ3) is 5.19. The summed E-state index contributed by atoms with van der Waals surface area (Å²) in [7, 11) is 0. The molecule has 0 radical (unpaired) electrons. The lowest BCUT2D eigenvalue weighted by molar-refractivity contribution is -0.115. The number of rotatable bonds is 7. The molecule has 1 aliphatic carbocycles. The third-order valence-corrected chi connectivity index (χ3v) is 6.33. The van der Waals surface area contributed by atoms with E-state index in [4.69, 9.17) is 9.72 Å². The molecule has 7 heteroatoms. The zero-order valence-electron chi connectivity index (χ0n) is 17.2. The van der Waals surface area contributed by atoms with Crippen molar-refractivity contribution in [3.63, 3.8) is 0 Å². The van der Waals surface area contributed by atoms with Crippen LogP contribution in [-0.2, 0) is 22.4 Å². The molecule has 1 aromatic carbocycles. The summed E-state index contributed by atoms with van der Waals surface area (Å²) in [6.45, 7) is 4.00. The van der Waals surface area contributed by atoms with Gasteiger partial charge in [0.2, 0.25) is 5.91 Å². The second kappa shape index (κ2) is 10.3. The Kier molecular flexibility index (Phi) is 7.47. The van der Waals surface area contributed by atoms with Gasteiger partial charge >= 0.3 is 5.97 Å². The summed E-state index contributed by atoms with van der Waals surface area (Å²) in [5.41, 5.74) is 3.78. The standard InChI is InChI=1S/C23H25N3O3S/c1-3-20(21(27)25-18-11-9-15(10-12-18)23(28)29-4-2)30-22-17(14-24)13-16-7-5-6-8-19(16)26-22/h9-13,20H,3-8H2,1-2H3,(H,25,27). The predicted molar refractivity (Wildman–Crippen MR) is 117 cm³/mol. The highest BCUT2D eigenvalue weighted by molar-refractivity contribution is 8.00. The van der Waals surface area contributed by atoms with Crippen molar-refractivity contribution in [2.45, 2.75) is 56.2 Å². The fourth-order valence-corrected chi connectivity index (χ4v) is 4.37. The van der Waals surface area contributed by atoms with Gasteiger partial charge in [0.1, 0.15) is 11.1 Å². The van der Waals surface area contributed by atoms with Crippen molar-refractivity contribution in [3.05, 3.63) is 52.7 Å². The number of nitrogens with zero attached hydrogens (tertiary/aromatic N) is 2. The fraction of sp³-hybridized carbons (Fsp3) is 0.391. The van der Waals surface area contributed by atoms with Crippen molar-refractivity contribution in [1.82, 2.24) is 4.98 Å². The van der Waals surface area contributed by atoms with Crippen LogP contribution in [0.25, 0.3) is 0 Å². The maximum Gasteiger partial charge on any atom is 0.338 e. The largest absolute Gasteiger partial charge is 0.462 e. The van der Waals surface area contributed by atoms with Gasteiger partial charge in [-0.1, -0.05) is 18.7 Å². The van der Waals surface area contributed by atoms with Crippen molar-refractivity contribution in [2.75, 3.05) is 11.9 Å². The summed E-state index contributed by atoms with van der Waals surface area (Å²) in [6, 6.07) is 10.8. The number of benzene rings is 1. The highest BCUT2D eigenvalue weighted by Crippen LogP contribution is 2.31. The fourth-order valence-electron chi connectivity index (χ4n) is 3.37. The van der Waals surface area contributed by atoms with Crippen LogP contribution >= 0.6 is 11.8 Å². The minimum atomic E-state index is -0.389. The van der Waals surface area contributed by atoms with Crippen LogP contribution in [0.1, 0.15) is 60.3 Å². The Morgan fingerprint density at radius 3 is 2.63 bits per heavy atom. The predicted octanol–water partition coefficient (Wildman–Crippen LogP) is 4.52. The van der Waals surface area contributed by atoms with Crippen LogP contribution in [-0.4, -0.2) is 28.7 Å². The summed E-state index contributed by atoms with van der Waals surface area (Å²) in [5, 5.41) is 12.7. The van der Waals surface area contributed by atoms with Crippen molar-refractivity contribution in [3.8, 4) is 6.07 Å². The molecule has 6 nitrogen and oxygen atoms in total. The van der Waals surface area contributed by atoms with E-state index in [0.29, 0.717) is 34.9 Å². The van der Waals surface area contributed by atoms with E-state index < -0.39 is 0 Å². The van der Waals surface area contributed by atoms with Crippen LogP contribution < -0.4 is 5.32 Å². The van der Waals surface area contributed by atoms with Crippen LogP contribution in [0.4, 0.5) is 5.69 Å². The van der Waals surface area contributed by atoms with Crippen LogP contribution in [0.5, 0.6) is 0 Å². The van der Waals surface area contributed by atoms with Gasteiger partial charge in [-0.3, -0.25) is 4.79 Å². The first kappa shape index (κ1) is 21.8. The second-order valence-electron chi connectivity index (χ2n) is 7.07. The Morgan fingerprint density at radius 1 is 1.23 bits per heavy atom. The highest BCUT2D eigenvalue weighted by atomic mass is 32.2. The number of thioether (sulfide) groups is 1. The van der Waals surface area contributed by atoms with E-state index >= 15 is 0 Å². The molecular formula is C23H25N3O3S. The first-order valence-corrected chi connectivity index (χ1v) is 11.1. The van der Waals surface area contributed by atoms with Gasteiger partial charge in [-0.2, -0.15) is 5.26 Å². The first-order chi connectivity index (χ1) is 14.5. The van der Waals surface area contributed by atoms with Crippen molar-refractivity contribution in [2.24, 2.45) is 0 Å². The first-order valence-electron chi connectivity index (χ1n) is 10.2. The summed E-state index contributed by atoms with van der Waals surface area (Å²) < 4.78 is 4.97. The molecule has 0 saturated heterocycles. The Labute approximate surface area is 181 Å². The molecule has 1 atom stereocenters. The Hall–Kier alpha value is -2.85. The van der Waals surface area contributed by atoms with Gasteiger partial charge in [-0.25, -0.2) is 9.78 Å². The van der Waals surface area contributed by atoms with E-state index in [2.05, 4.69) is 11.4 Å². The molecule has 3 rings (SSSR count). The SMILES string of the molecule is CCOC(=O)c1ccc(NC(=O)C(CC)Sc2nc3c(cc2C#N)CCCC3)cc1. The molecule has 2 aromatic rings. The van der Waals surface area contributed by atoms with E-state index in [9.17, 15) is 14.9 Å². The summed E-state index contributed by atoms with van der Waals surface area (Å²) in [6.07, 6.45) is 4.71. The van der Waals surface area contributed by atoms with Gasteiger partial charge in [0.15, 0.2) is 0 Å². The lowest BCUT2D eigenvalue weighted by Crippen LogP contribution is -2.25. The monoisotopic (exact) mass is 423 g/mol. The molecule has 0 aliphatic heterocycles. The Balaban J connectivity index is 1.71. The molecule has 1 heterocycles. The average molecular weight is 424 g/mol. The number of anilines is 1. The van der Waals surface area contributed by atoms with Crippen LogP contribution in [0.2, 0.25) is 0 Å².